The van der Waals surface area contributed by atoms with E-state index in [0.717, 1.165) is 18.5 Å². The van der Waals surface area contributed by atoms with E-state index in [-0.39, 0.29) is 18.4 Å². The molecule has 1 N–H and O–H groups in total. The van der Waals surface area contributed by atoms with Crippen LogP contribution in [-0.4, -0.2) is 36.5 Å². The molecule has 136 valence electrons. The highest BCUT2D eigenvalue weighted by atomic mass is 16.5. The van der Waals surface area contributed by atoms with Gasteiger partial charge in [0.25, 0.3) is 0 Å². The van der Waals surface area contributed by atoms with Gasteiger partial charge in [-0.05, 0) is 17.5 Å². The third-order valence-corrected chi connectivity index (χ3v) is 4.56. The summed E-state index contributed by atoms with van der Waals surface area (Å²) in [4.78, 5) is 25.8. The Balaban J connectivity index is 1.36. The molecule has 1 fully saturated rings. The number of amides is 2. The van der Waals surface area contributed by atoms with Crippen molar-refractivity contribution >= 4 is 12.0 Å². The Kier molecular flexibility index (Phi) is 6.25. The maximum absolute atomic E-state index is 12.1. The number of benzene rings is 2. The average molecular weight is 352 g/mol. The summed E-state index contributed by atoms with van der Waals surface area (Å²) in [7, 11) is 0. The molecule has 0 radical (unpaired) electrons. The van der Waals surface area contributed by atoms with Gasteiger partial charge in [-0.25, -0.2) is 4.79 Å². The number of alkyl carbamates (subject to hydrolysis) is 1. The van der Waals surface area contributed by atoms with Crippen LogP contribution < -0.4 is 5.32 Å². The minimum absolute atomic E-state index is 0.141. The second-order valence-corrected chi connectivity index (χ2v) is 6.59. The Morgan fingerprint density at radius 1 is 1.04 bits per heavy atom. The van der Waals surface area contributed by atoms with E-state index in [1.807, 2.05) is 53.4 Å². The Labute approximate surface area is 154 Å². The zero-order chi connectivity index (χ0) is 18.2. The van der Waals surface area contributed by atoms with Gasteiger partial charge in [0, 0.05) is 32.0 Å². The lowest BCUT2D eigenvalue weighted by atomic mass is 10.1. The van der Waals surface area contributed by atoms with E-state index in [2.05, 4.69) is 17.4 Å². The van der Waals surface area contributed by atoms with Gasteiger partial charge in [-0.15, -0.1) is 0 Å². The summed E-state index contributed by atoms with van der Waals surface area (Å²) in [5.41, 5.74) is 2.18. The molecule has 5 nitrogen and oxygen atoms in total. The minimum Gasteiger partial charge on any atom is -0.445 e. The van der Waals surface area contributed by atoms with Crippen molar-refractivity contribution in [2.75, 3.05) is 19.6 Å². The Morgan fingerprint density at radius 2 is 1.69 bits per heavy atom. The topological polar surface area (TPSA) is 58.6 Å². The molecule has 26 heavy (non-hydrogen) atoms. The molecule has 0 spiro atoms. The molecule has 0 bridgehead atoms. The van der Waals surface area contributed by atoms with Gasteiger partial charge >= 0.3 is 6.09 Å². The lowest BCUT2D eigenvalue weighted by Gasteiger charge is -2.17. The maximum atomic E-state index is 12.1. The van der Waals surface area contributed by atoms with E-state index in [1.54, 1.807) is 0 Å². The average Bonchev–Trinajstić information content (AvgIpc) is 3.04. The highest BCUT2D eigenvalue weighted by molar-refractivity contribution is 5.78. The number of carbonyl (C=O) groups is 2. The number of hydrogen-bond donors (Lipinski definition) is 1. The molecule has 1 heterocycles. The lowest BCUT2D eigenvalue weighted by Crippen LogP contribution is -2.32. The molecule has 0 saturated carbocycles. The fourth-order valence-electron chi connectivity index (χ4n) is 3.12. The molecule has 0 aromatic heterocycles. The van der Waals surface area contributed by atoms with Crippen molar-refractivity contribution in [2.24, 2.45) is 5.92 Å². The van der Waals surface area contributed by atoms with Crippen LogP contribution in [0.5, 0.6) is 0 Å². The van der Waals surface area contributed by atoms with Gasteiger partial charge in [-0.1, -0.05) is 60.7 Å². The van der Waals surface area contributed by atoms with Crippen molar-refractivity contribution in [2.45, 2.75) is 19.4 Å². The van der Waals surface area contributed by atoms with Crippen molar-refractivity contribution < 1.29 is 14.3 Å². The van der Waals surface area contributed by atoms with Crippen LogP contribution >= 0.6 is 0 Å². The predicted octanol–water partition coefficient (Wildman–Crippen LogP) is 3.00. The normalized spacial score (nSPS) is 16.5. The SMILES string of the molecule is O=C(NCC1CC(=O)N(CCc2ccccc2)C1)OCc1ccccc1. The first-order valence-corrected chi connectivity index (χ1v) is 8.97. The molecule has 1 aliphatic heterocycles. The number of nitrogens with one attached hydrogen (secondary N) is 1. The van der Waals surface area contributed by atoms with Gasteiger partial charge in [0.1, 0.15) is 6.61 Å². The Hall–Kier alpha value is -2.82. The number of rotatable bonds is 7. The zero-order valence-corrected chi connectivity index (χ0v) is 14.8. The quantitative estimate of drug-likeness (QED) is 0.833. The number of nitrogens with zero attached hydrogens (tertiary/aromatic N) is 1. The molecular weight excluding hydrogens is 328 g/mol. The van der Waals surface area contributed by atoms with E-state index in [1.165, 1.54) is 5.56 Å². The van der Waals surface area contributed by atoms with Crippen molar-refractivity contribution in [1.82, 2.24) is 10.2 Å². The first-order chi connectivity index (χ1) is 12.7. The van der Waals surface area contributed by atoms with Crippen LogP contribution in [0, 0.1) is 5.92 Å². The first-order valence-electron chi connectivity index (χ1n) is 8.97. The molecule has 5 heteroatoms. The van der Waals surface area contributed by atoms with Gasteiger partial charge in [-0.3, -0.25) is 4.79 Å². The highest BCUT2D eigenvalue weighted by Gasteiger charge is 2.29. The molecular formula is C21H24N2O3. The Morgan fingerprint density at radius 3 is 2.38 bits per heavy atom. The van der Waals surface area contributed by atoms with Crippen molar-refractivity contribution in [3.63, 3.8) is 0 Å². The van der Waals surface area contributed by atoms with Crippen LogP contribution in [0.2, 0.25) is 0 Å². The maximum Gasteiger partial charge on any atom is 0.407 e. The van der Waals surface area contributed by atoms with Gasteiger partial charge in [-0.2, -0.15) is 0 Å². The molecule has 2 aromatic rings. The van der Waals surface area contributed by atoms with E-state index in [0.29, 0.717) is 19.5 Å². The number of carbonyl (C=O) groups excluding carboxylic acids is 2. The number of ether oxygens (including phenoxy) is 1. The minimum atomic E-state index is -0.441. The summed E-state index contributed by atoms with van der Waals surface area (Å²) in [5.74, 6) is 0.299. The summed E-state index contributed by atoms with van der Waals surface area (Å²) in [6, 6.07) is 19.7. The van der Waals surface area contributed by atoms with Crippen LogP contribution in [0.15, 0.2) is 60.7 Å². The largest absolute Gasteiger partial charge is 0.445 e. The predicted molar refractivity (Wildman–Crippen MR) is 99.5 cm³/mol. The van der Waals surface area contributed by atoms with Gasteiger partial charge in [0.05, 0.1) is 0 Å². The Bertz CT molecular complexity index is 719. The summed E-state index contributed by atoms with van der Waals surface area (Å²) in [6.45, 7) is 2.11. The van der Waals surface area contributed by atoms with Crippen LogP contribution in [0.3, 0.4) is 0 Å². The summed E-state index contributed by atoms with van der Waals surface area (Å²) >= 11 is 0. The highest BCUT2D eigenvalue weighted by Crippen LogP contribution is 2.17. The van der Waals surface area contributed by atoms with Gasteiger partial charge < -0.3 is 15.0 Å². The standard InChI is InChI=1S/C21H24N2O3/c24-20-13-19(15-23(20)12-11-17-7-3-1-4-8-17)14-22-21(25)26-16-18-9-5-2-6-10-18/h1-10,19H,11-16H2,(H,22,25). The van der Waals surface area contributed by atoms with Crippen LogP contribution in [-0.2, 0) is 22.6 Å². The van der Waals surface area contributed by atoms with E-state index >= 15 is 0 Å². The van der Waals surface area contributed by atoms with E-state index in [4.69, 9.17) is 4.74 Å². The fourth-order valence-corrected chi connectivity index (χ4v) is 3.12. The second kappa shape index (κ2) is 9.04. The van der Waals surface area contributed by atoms with E-state index in [9.17, 15) is 9.59 Å². The third kappa shape index (κ3) is 5.34. The number of likely N-dealkylation sites (tertiary alicyclic amines) is 1. The molecule has 3 rings (SSSR count). The summed E-state index contributed by atoms with van der Waals surface area (Å²) in [6.07, 6.45) is 0.892. The molecule has 1 atom stereocenters. The lowest BCUT2D eigenvalue weighted by molar-refractivity contribution is -0.127. The third-order valence-electron chi connectivity index (χ3n) is 4.56. The first kappa shape index (κ1) is 18.0. The number of hydrogen-bond acceptors (Lipinski definition) is 3. The fraction of sp³-hybridized carbons (Fsp3) is 0.333. The van der Waals surface area contributed by atoms with Crippen LogP contribution in [0.25, 0.3) is 0 Å². The monoisotopic (exact) mass is 352 g/mol. The molecule has 2 amide bonds. The van der Waals surface area contributed by atoms with E-state index < -0.39 is 6.09 Å². The van der Waals surface area contributed by atoms with Crippen LogP contribution in [0.4, 0.5) is 4.79 Å². The molecule has 0 aliphatic carbocycles. The molecule has 1 unspecified atom stereocenters. The van der Waals surface area contributed by atoms with Crippen molar-refractivity contribution in [1.29, 1.82) is 0 Å². The summed E-state index contributed by atoms with van der Waals surface area (Å²) < 4.78 is 5.20. The summed E-state index contributed by atoms with van der Waals surface area (Å²) in [5, 5.41) is 2.77. The molecule has 1 saturated heterocycles. The van der Waals surface area contributed by atoms with Gasteiger partial charge in [0.2, 0.25) is 5.91 Å². The van der Waals surface area contributed by atoms with Crippen LogP contribution in [0.1, 0.15) is 17.5 Å². The molecule has 2 aromatic carbocycles. The second-order valence-electron chi connectivity index (χ2n) is 6.59. The van der Waals surface area contributed by atoms with Gasteiger partial charge in [0.15, 0.2) is 0 Å². The smallest absolute Gasteiger partial charge is 0.407 e. The van der Waals surface area contributed by atoms with Crippen molar-refractivity contribution in [3.8, 4) is 0 Å². The zero-order valence-electron chi connectivity index (χ0n) is 14.8. The van der Waals surface area contributed by atoms with Crippen molar-refractivity contribution in [3.05, 3.63) is 71.8 Å². The molecule has 1 aliphatic rings.